The fourth-order valence-corrected chi connectivity index (χ4v) is 1.96. The Morgan fingerprint density at radius 2 is 2.16 bits per heavy atom. The van der Waals surface area contributed by atoms with Gasteiger partial charge in [-0.25, -0.2) is 4.79 Å². The molecule has 0 aromatic rings. The third-order valence-corrected chi connectivity index (χ3v) is 2.97. The minimum absolute atomic E-state index is 0.0498. The van der Waals surface area contributed by atoms with Crippen molar-refractivity contribution >= 4 is 17.8 Å². The van der Waals surface area contributed by atoms with Crippen molar-refractivity contribution in [3.05, 3.63) is 0 Å². The number of carboxylic acid groups (broad SMARTS) is 1. The van der Waals surface area contributed by atoms with Gasteiger partial charge in [0.25, 0.3) is 0 Å². The number of aliphatic carboxylic acids is 1. The predicted octanol–water partition coefficient (Wildman–Crippen LogP) is -0.395. The largest absolute Gasteiger partial charge is 0.480 e. The normalized spacial score (nSPS) is 17.7. The van der Waals surface area contributed by atoms with Crippen molar-refractivity contribution in [3.63, 3.8) is 0 Å². The van der Waals surface area contributed by atoms with Crippen LogP contribution in [-0.2, 0) is 19.1 Å². The maximum absolute atomic E-state index is 11.7. The molecule has 1 aliphatic rings. The van der Waals surface area contributed by atoms with Crippen LogP contribution in [0, 0.1) is 0 Å². The Kier molecular flexibility index (Phi) is 6.27. The first-order chi connectivity index (χ1) is 9.04. The van der Waals surface area contributed by atoms with Gasteiger partial charge in [-0.3, -0.25) is 9.59 Å². The highest BCUT2D eigenvalue weighted by atomic mass is 16.5. The maximum Gasteiger partial charge on any atom is 0.328 e. The van der Waals surface area contributed by atoms with Gasteiger partial charge in [-0.2, -0.15) is 0 Å². The molecule has 0 bridgehead atoms. The number of carbonyl (C=O) groups is 3. The molecule has 1 fully saturated rings. The van der Waals surface area contributed by atoms with Gasteiger partial charge >= 0.3 is 5.97 Å². The van der Waals surface area contributed by atoms with Crippen molar-refractivity contribution in [2.75, 3.05) is 26.8 Å². The fourth-order valence-electron chi connectivity index (χ4n) is 1.96. The average Bonchev–Trinajstić information content (AvgIpc) is 2.54. The fraction of sp³-hybridized carbons (Fsp3) is 0.750. The van der Waals surface area contributed by atoms with Crippen LogP contribution in [-0.4, -0.2) is 60.6 Å². The molecule has 7 nitrogen and oxygen atoms in total. The van der Waals surface area contributed by atoms with Gasteiger partial charge in [0.15, 0.2) is 6.04 Å². The second-order valence-corrected chi connectivity index (χ2v) is 4.54. The Morgan fingerprint density at radius 1 is 1.42 bits per heavy atom. The number of nitrogens with zero attached hydrogens (tertiary/aromatic N) is 1. The third kappa shape index (κ3) is 5.25. The molecule has 1 aliphatic heterocycles. The number of rotatable bonds is 6. The lowest BCUT2D eigenvalue weighted by Crippen LogP contribution is -2.48. The summed E-state index contributed by atoms with van der Waals surface area (Å²) in [5.74, 6) is -1.68. The molecule has 7 heteroatoms. The van der Waals surface area contributed by atoms with Crippen molar-refractivity contribution in [2.24, 2.45) is 0 Å². The number of carbonyl (C=O) groups excluding carboxylic acids is 2. The van der Waals surface area contributed by atoms with E-state index < -0.39 is 17.9 Å². The second kappa shape index (κ2) is 7.73. The van der Waals surface area contributed by atoms with Crippen LogP contribution in [0.25, 0.3) is 0 Å². The van der Waals surface area contributed by atoms with Gasteiger partial charge in [0, 0.05) is 20.1 Å². The molecular weight excluding hydrogens is 252 g/mol. The minimum Gasteiger partial charge on any atom is -0.480 e. The molecule has 0 saturated carbocycles. The van der Waals surface area contributed by atoms with Crippen LogP contribution >= 0.6 is 0 Å². The van der Waals surface area contributed by atoms with Crippen molar-refractivity contribution < 1.29 is 24.2 Å². The summed E-state index contributed by atoms with van der Waals surface area (Å²) >= 11 is 0. The van der Waals surface area contributed by atoms with E-state index in [9.17, 15) is 14.4 Å². The summed E-state index contributed by atoms with van der Waals surface area (Å²) in [7, 11) is 1.36. The zero-order valence-corrected chi connectivity index (χ0v) is 11.1. The van der Waals surface area contributed by atoms with Gasteiger partial charge in [-0.1, -0.05) is 6.42 Å². The molecule has 0 spiro atoms. The number of nitrogens with one attached hydrogen (secondary N) is 1. The SMILES string of the molecule is COCC(NC(=O)CN1CCCCCC1=O)C(=O)O. The Hall–Kier alpha value is -1.63. The average molecular weight is 272 g/mol. The topological polar surface area (TPSA) is 95.9 Å². The summed E-state index contributed by atoms with van der Waals surface area (Å²) in [6.45, 7) is 0.357. The van der Waals surface area contributed by atoms with Crippen LogP contribution in [0.5, 0.6) is 0 Å². The summed E-state index contributed by atoms with van der Waals surface area (Å²) in [4.78, 5) is 35.8. The molecule has 2 N–H and O–H groups in total. The Morgan fingerprint density at radius 3 is 2.79 bits per heavy atom. The lowest BCUT2D eigenvalue weighted by molar-refractivity contribution is -0.144. The van der Waals surface area contributed by atoms with Crippen molar-refractivity contribution in [1.82, 2.24) is 10.2 Å². The van der Waals surface area contributed by atoms with E-state index in [4.69, 9.17) is 9.84 Å². The maximum atomic E-state index is 11.7. The molecule has 1 saturated heterocycles. The predicted molar refractivity (Wildman–Crippen MR) is 66.5 cm³/mol. The van der Waals surface area contributed by atoms with E-state index in [0.717, 1.165) is 19.3 Å². The van der Waals surface area contributed by atoms with Crippen LogP contribution in [0.4, 0.5) is 0 Å². The minimum atomic E-state index is -1.16. The van der Waals surface area contributed by atoms with Crippen LogP contribution < -0.4 is 5.32 Å². The second-order valence-electron chi connectivity index (χ2n) is 4.54. The Labute approximate surface area is 111 Å². The number of amides is 2. The summed E-state index contributed by atoms with van der Waals surface area (Å²) in [5, 5.41) is 11.2. The lowest BCUT2D eigenvalue weighted by atomic mass is 10.2. The van der Waals surface area contributed by atoms with Gasteiger partial charge in [-0.15, -0.1) is 0 Å². The van der Waals surface area contributed by atoms with Crippen molar-refractivity contribution in [3.8, 4) is 0 Å². The number of carboxylic acids is 1. The highest BCUT2D eigenvalue weighted by molar-refractivity contribution is 5.88. The van der Waals surface area contributed by atoms with Crippen LogP contribution in [0.15, 0.2) is 0 Å². The first-order valence-corrected chi connectivity index (χ1v) is 6.33. The number of hydrogen-bond acceptors (Lipinski definition) is 4. The van der Waals surface area contributed by atoms with E-state index in [0.29, 0.717) is 13.0 Å². The number of methoxy groups -OCH3 is 1. The van der Waals surface area contributed by atoms with E-state index in [1.165, 1.54) is 12.0 Å². The van der Waals surface area contributed by atoms with E-state index >= 15 is 0 Å². The van der Waals surface area contributed by atoms with Gasteiger partial charge in [0.05, 0.1) is 13.2 Å². The lowest BCUT2D eigenvalue weighted by Gasteiger charge is -2.21. The smallest absolute Gasteiger partial charge is 0.328 e. The molecule has 1 heterocycles. The van der Waals surface area contributed by atoms with E-state index in [1.807, 2.05) is 0 Å². The standard InChI is InChI=1S/C12H20N2O5/c1-19-8-9(12(17)18)13-10(15)7-14-6-4-2-3-5-11(14)16/h9H,2-8H2,1H3,(H,13,15)(H,17,18). The monoisotopic (exact) mass is 272 g/mol. The molecule has 1 rings (SSSR count). The molecule has 0 aliphatic carbocycles. The van der Waals surface area contributed by atoms with Crippen LogP contribution in [0.3, 0.4) is 0 Å². The molecule has 0 aromatic carbocycles. The molecule has 0 aromatic heterocycles. The molecule has 0 radical (unpaired) electrons. The summed E-state index contributed by atoms with van der Waals surface area (Å²) < 4.78 is 4.72. The number of likely N-dealkylation sites (tertiary alicyclic amines) is 1. The summed E-state index contributed by atoms with van der Waals surface area (Å²) in [6, 6.07) is -1.08. The number of hydrogen-bond donors (Lipinski definition) is 2. The molecular formula is C12H20N2O5. The zero-order valence-electron chi connectivity index (χ0n) is 11.1. The molecule has 2 amide bonds. The van der Waals surface area contributed by atoms with E-state index in [-0.39, 0.29) is 19.1 Å². The summed E-state index contributed by atoms with van der Waals surface area (Å²) in [6.07, 6.45) is 3.15. The number of ether oxygens (including phenoxy) is 1. The third-order valence-electron chi connectivity index (χ3n) is 2.97. The Bertz CT molecular complexity index is 345. The molecule has 108 valence electrons. The first-order valence-electron chi connectivity index (χ1n) is 6.33. The van der Waals surface area contributed by atoms with Gasteiger partial charge in [0.1, 0.15) is 0 Å². The molecule has 1 unspecified atom stereocenters. The summed E-state index contributed by atoms with van der Waals surface area (Å²) in [5.41, 5.74) is 0. The van der Waals surface area contributed by atoms with E-state index in [1.54, 1.807) is 0 Å². The zero-order chi connectivity index (χ0) is 14.3. The van der Waals surface area contributed by atoms with Crippen LogP contribution in [0.1, 0.15) is 25.7 Å². The first kappa shape index (κ1) is 15.4. The Balaban J connectivity index is 2.48. The van der Waals surface area contributed by atoms with E-state index in [2.05, 4.69) is 5.32 Å². The van der Waals surface area contributed by atoms with Gasteiger partial charge in [-0.05, 0) is 12.8 Å². The molecule has 19 heavy (non-hydrogen) atoms. The van der Waals surface area contributed by atoms with Crippen molar-refractivity contribution in [1.29, 1.82) is 0 Å². The van der Waals surface area contributed by atoms with Gasteiger partial charge < -0.3 is 20.1 Å². The van der Waals surface area contributed by atoms with Gasteiger partial charge in [0.2, 0.25) is 11.8 Å². The quantitative estimate of drug-likeness (QED) is 0.686. The van der Waals surface area contributed by atoms with Crippen LogP contribution in [0.2, 0.25) is 0 Å². The highest BCUT2D eigenvalue weighted by Gasteiger charge is 2.23. The highest BCUT2D eigenvalue weighted by Crippen LogP contribution is 2.10. The van der Waals surface area contributed by atoms with Crippen molar-refractivity contribution in [2.45, 2.75) is 31.7 Å². The molecule has 1 atom stereocenters.